The SMILES string of the molecule is O=C(NC(=S)Nc1ccc(Br)cc1I)c1ccccc1Cl. The molecule has 2 rings (SSSR count). The van der Waals surface area contributed by atoms with Gasteiger partial charge in [-0.2, -0.15) is 0 Å². The van der Waals surface area contributed by atoms with Crippen molar-refractivity contribution in [1.82, 2.24) is 5.32 Å². The van der Waals surface area contributed by atoms with Crippen LogP contribution in [0.5, 0.6) is 0 Å². The third kappa shape index (κ3) is 4.64. The highest BCUT2D eigenvalue weighted by Crippen LogP contribution is 2.22. The summed E-state index contributed by atoms with van der Waals surface area (Å²) in [5.74, 6) is -0.342. The van der Waals surface area contributed by atoms with E-state index < -0.39 is 0 Å². The van der Waals surface area contributed by atoms with Gasteiger partial charge in [0.25, 0.3) is 5.91 Å². The van der Waals surface area contributed by atoms with E-state index in [4.69, 9.17) is 23.8 Å². The molecule has 2 aromatic carbocycles. The Balaban J connectivity index is 2.05. The molecule has 3 nitrogen and oxygen atoms in total. The standard InChI is InChI=1S/C14H9BrClIN2OS/c15-8-5-6-12(11(17)7-8)18-14(21)19-13(20)9-3-1-2-4-10(9)16/h1-7H,(H2,18,19,20,21). The molecule has 2 aromatic rings. The molecule has 0 unspecified atom stereocenters. The molecule has 1 amide bonds. The highest BCUT2D eigenvalue weighted by Gasteiger charge is 2.11. The summed E-state index contributed by atoms with van der Waals surface area (Å²) in [6.07, 6.45) is 0. The topological polar surface area (TPSA) is 41.1 Å². The van der Waals surface area contributed by atoms with Crippen LogP contribution in [-0.2, 0) is 0 Å². The number of nitrogens with one attached hydrogen (secondary N) is 2. The van der Waals surface area contributed by atoms with Gasteiger partial charge in [-0.1, -0.05) is 39.7 Å². The highest BCUT2D eigenvalue weighted by molar-refractivity contribution is 14.1. The average molecular weight is 496 g/mol. The third-order valence-electron chi connectivity index (χ3n) is 2.52. The molecule has 0 aliphatic rings. The summed E-state index contributed by atoms with van der Waals surface area (Å²) in [7, 11) is 0. The van der Waals surface area contributed by atoms with E-state index in [0.29, 0.717) is 10.6 Å². The Morgan fingerprint density at radius 3 is 2.62 bits per heavy atom. The maximum absolute atomic E-state index is 12.1. The van der Waals surface area contributed by atoms with Crippen LogP contribution in [0.4, 0.5) is 5.69 Å². The van der Waals surface area contributed by atoms with Crippen molar-refractivity contribution in [3.63, 3.8) is 0 Å². The van der Waals surface area contributed by atoms with Gasteiger partial charge in [0.15, 0.2) is 5.11 Å². The zero-order valence-electron chi connectivity index (χ0n) is 10.5. The molecule has 0 saturated carbocycles. The molecule has 0 bridgehead atoms. The predicted molar refractivity (Wildman–Crippen MR) is 102 cm³/mol. The van der Waals surface area contributed by atoms with Gasteiger partial charge >= 0.3 is 0 Å². The summed E-state index contributed by atoms with van der Waals surface area (Å²) in [6.45, 7) is 0. The van der Waals surface area contributed by atoms with Gasteiger partial charge in [0, 0.05) is 8.04 Å². The first-order valence-corrected chi connectivity index (χ1v) is 8.45. The quantitative estimate of drug-likeness (QED) is 0.463. The van der Waals surface area contributed by atoms with E-state index in [-0.39, 0.29) is 11.0 Å². The van der Waals surface area contributed by atoms with Crippen molar-refractivity contribution in [3.8, 4) is 0 Å². The van der Waals surface area contributed by atoms with Crippen molar-refractivity contribution in [3.05, 3.63) is 61.1 Å². The molecule has 0 saturated heterocycles. The number of benzene rings is 2. The molecule has 7 heteroatoms. The van der Waals surface area contributed by atoms with Crippen LogP contribution in [-0.4, -0.2) is 11.0 Å². The van der Waals surface area contributed by atoms with Crippen LogP contribution in [0, 0.1) is 3.57 Å². The number of carbonyl (C=O) groups is 1. The smallest absolute Gasteiger partial charge is 0.258 e. The molecule has 0 atom stereocenters. The fraction of sp³-hybridized carbons (Fsp3) is 0. The van der Waals surface area contributed by atoms with Crippen LogP contribution in [0.2, 0.25) is 5.02 Å². The summed E-state index contributed by atoms with van der Waals surface area (Å²) >= 11 is 16.7. The fourth-order valence-corrected chi connectivity index (χ4v) is 3.42. The van der Waals surface area contributed by atoms with E-state index in [1.54, 1.807) is 24.3 Å². The van der Waals surface area contributed by atoms with Crippen molar-refractivity contribution in [2.45, 2.75) is 0 Å². The monoisotopic (exact) mass is 494 g/mol. The molecule has 108 valence electrons. The number of thiocarbonyl (C=S) groups is 1. The van der Waals surface area contributed by atoms with Crippen LogP contribution < -0.4 is 10.6 Å². The first kappa shape index (κ1) is 16.7. The van der Waals surface area contributed by atoms with Gasteiger partial charge in [-0.15, -0.1) is 0 Å². The summed E-state index contributed by atoms with van der Waals surface area (Å²) in [6, 6.07) is 12.5. The van der Waals surface area contributed by atoms with Gasteiger partial charge in [0.2, 0.25) is 0 Å². The Hall–Kier alpha value is -0.700. The lowest BCUT2D eigenvalue weighted by molar-refractivity contribution is 0.0978. The number of halogens is 3. The molecular formula is C14H9BrClIN2OS. The van der Waals surface area contributed by atoms with E-state index in [0.717, 1.165) is 13.7 Å². The summed E-state index contributed by atoms with van der Waals surface area (Å²) in [5.41, 5.74) is 1.21. The second-order valence-corrected chi connectivity index (χ2v) is 6.91. The number of rotatable bonds is 2. The first-order valence-electron chi connectivity index (χ1n) is 5.79. The maximum atomic E-state index is 12.1. The van der Waals surface area contributed by atoms with Crippen molar-refractivity contribution in [2.75, 3.05) is 5.32 Å². The van der Waals surface area contributed by atoms with Crippen molar-refractivity contribution < 1.29 is 4.79 Å². The van der Waals surface area contributed by atoms with Crippen molar-refractivity contribution in [1.29, 1.82) is 0 Å². The Kier molecular flexibility index (Phi) is 5.98. The Morgan fingerprint density at radius 2 is 1.95 bits per heavy atom. The Morgan fingerprint density at radius 1 is 1.24 bits per heavy atom. The Bertz CT molecular complexity index is 711. The number of amides is 1. The van der Waals surface area contributed by atoms with Crippen LogP contribution in [0.1, 0.15) is 10.4 Å². The van der Waals surface area contributed by atoms with Crippen molar-refractivity contribution in [2.24, 2.45) is 0 Å². The lowest BCUT2D eigenvalue weighted by Gasteiger charge is -2.11. The lowest BCUT2D eigenvalue weighted by Crippen LogP contribution is -2.34. The Labute approximate surface area is 154 Å². The minimum absolute atomic E-state index is 0.222. The maximum Gasteiger partial charge on any atom is 0.258 e. The van der Waals surface area contributed by atoms with Crippen LogP contribution in [0.15, 0.2) is 46.9 Å². The van der Waals surface area contributed by atoms with Gasteiger partial charge in [-0.3, -0.25) is 10.1 Å². The molecule has 2 N–H and O–H groups in total. The van der Waals surface area contributed by atoms with E-state index in [2.05, 4.69) is 49.2 Å². The third-order valence-corrected chi connectivity index (χ3v) is 4.44. The molecule has 0 fully saturated rings. The zero-order chi connectivity index (χ0) is 15.4. The van der Waals surface area contributed by atoms with Gasteiger partial charge in [0.05, 0.1) is 16.3 Å². The lowest BCUT2D eigenvalue weighted by atomic mass is 10.2. The van der Waals surface area contributed by atoms with Gasteiger partial charge in [-0.05, 0) is 65.1 Å². The molecule has 0 aliphatic carbocycles. The molecule has 0 radical (unpaired) electrons. The summed E-state index contributed by atoms with van der Waals surface area (Å²) in [4.78, 5) is 12.1. The number of hydrogen-bond acceptors (Lipinski definition) is 2. The number of anilines is 1. The second kappa shape index (κ2) is 7.53. The fourth-order valence-electron chi connectivity index (χ4n) is 1.56. The van der Waals surface area contributed by atoms with Gasteiger partial charge in [-0.25, -0.2) is 0 Å². The van der Waals surface area contributed by atoms with E-state index in [9.17, 15) is 4.79 Å². The molecule has 0 aliphatic heterocycles. The molecule has 0 aromatic heterocycles. The summed E-state index contributed by atoms with van der Waals surface area (Å²) < 4.78 is 1.96. The largest absolute Gasteiger partial charge is 0.332 e. The van der Waals surface area contributed by atoms with E-state index >= 15 is 0 Å². The number of carbonyl (C=O) groups excluding carboxylic acids is 1. The highest BCUT2D eigenvalue weighted by atomic mass is 127. The van der Waals surface area contributed by atoms with Crippen molar-refractivity contribution >= 4 is 79.0 Å². The number of hydrogen-bond donors (Lipinski definition) is 2. The second-order valence-electron chi connectivity index (χ2n) is 4.01. The summed E-state index contributed by atoms with van der Waals surface area (Å²) in [5, 5.41) is 6.20. The average Bonchev–Trinajstić information content (AvgIpc) is 2.42. The zero-order valence-corrected chi connectivity index (χ0v) is 15.8. The predicted octanol–water partition coefficient (Wildman–Crippen LogP) is 4.83. The first-order chi connectivity index (χ1) is 9.97. The van der Waals surface area contributed by atoms with Crippen LogP contribution in [0.25, 0.3) is 0 Å². The molecule has 21 heavy (non-hydrogen) atoms. The van der Waals surface area contributed by atoms with Crippen LogP contribution in [0.3, 0.4) is 0 Å². The van der Waals surface area contributed by atoms with Gasteiger partial charge < -0.3 is 5.32 Å². The van der Waals surface area contributed by atoms with Gasteiger partial charge in [0.1, 0.15) is 0 Å². The normalized spacial score (nSPS) is 10.0. The van der Waals surface area contributed by atoms with E-state index in [1.165, 1.54) is 0 Å². The minimum Gasteiger partial charge on any atom is -0.332 e. The molecule has 0 heterocycles. The van der Waals surface area contributed by atoms with E-state index in [1.807, 2.05) is 18.2 Å². The minimum atomic E-state index is -0.342. The van der Waals surface area contributed by atoms with Crippen LogP contribution >= 0.6 is 62.3 Å². The molecule has 0 spiro atoms. The molecular weight excluding hydrogens is 486 g/mol.